The Bertz CT molecular complexity index is 452. The van der Waals surface area contributed by atoms with Gasteiger partial charge in [0.2, 0.25) is 0 Å². The first-order valence-corrected chi connectivity index (χ1v) is 8.32. The van der Waals surface area contributed by atoms with E-state index in [0.29, 0.717) is 6.04 Å². The largest absolute Gasteiger partial charge is 0.308 e. The van der Waals surface area contributed by atoms with Crippen molar-refractivity contribution in [2.24, 2.45) is 0 Å². The van der Waals surface area contributed by atoms with E-state index < -0.39 is 0 Å². The van der Waals surface area contributed by atoms with Gasteiger partial charge in [0.15, 0.2) is 0 Å². The van der Waals surface area contributed by atoms with Crippen molar-refractivity contribution in [1.29, 1.82) is 0 Å². The van der Waals surface area contributed by atoms with E-state index in [1.165, 1.54) is 44.3 Å². The van der Waals surface area contributed by atoms with E-state index in [1.807, 2.05) is 12.1 Å². The summed E-state index contributed by atoms with van der Waals surface area (Å²) in [5.41, 5.74) is 1.29. The van der Waals surface area contributed by atoms with Gasteiger partial charge in [-0.1, -0.05) is 40.0 Å². The summed E-state index contributed by atoms with van der Waals surface area (Å²) in [4.78, 5) is 2.66. The number of benzene rings is 1. The average Bonchev–Trinajstić information content (AvgIpc) is 2.81. The Morgan fingerprint density at radius 2 is 2.16 bits per heavy atom. The molecule has 19 heavy (non-hydrogen) atoms. The Labute approximate surface area is 128 Å². The van der Waals surface area contributed by atoms with E-state index in [1.54, 1.807) is 0 Å². The highest BCUT2D eigenvalue weighted by molar-refractivity contribution is 9.10. The lowest BCUT2D eigenvalue weighted by molar-refractivity contribution is 0.180. The lowest BCUT2D eigenvalue weighted by Crippen LogP contribution is -2.44. The minimum absolute atomic E-state index is 0.655. The van der Waals surface area contributed by atoms with E-state index in [-0.39, 0.29) is 0 Å². The summed E-state index contributed by atoms with van der Waals surface area (Å²) in [5, 5.41) is 4.53. The summed E-state index contributed by atoms with van der Waals surface area (Å²) in [7, 11) is 0. The Kier molecular flexibility index (Phi) is 4.47. The Morgan fingerprint density at radius 3 is 3.00 bits per heavy atom. The molecule has 2 atom stereocenters. The van der Waals surface area contributed by atoms with Gasteiger partial charge in [0.05, 0.1) is 0 Å². The molecule has 2 aliphatic rings. The maximum atomic E-state index is 5.98. The van der Waals surface area contributed by atoms with E-state index >= 15 is 0 Å². The second-order valence-corrected chi connectivity index (χ2v) is 6.90. The van der Waals surface area contributed by atoms with Gasteiger partial charge in [0.1, 0.15) is 0 Å². The van der Waals surface area contributed by atoms with Crippen LogP contribution in [0.3, 0.4) is 0 Å². The van der Waals surface area contributed by atoms with Crippen LogP contribution in [-0.4, -0.2) is 30.1 Å². The third kappa shape index (κ3) is 3.15. The molecule has 2 nitrogen and oxygen atoms in total. The fraction of sp³-hybridized carbons (Fsp3) is 0.600. The van der Waals surface area contributed by atoms with Crippen LogP contribution < -0.4 is 5.32 Å². The molecule has 0 aromatic heterocycles. The number of nitrogens with zero attached hydrogens (tertiary/aromatic N) is 1. The highest BCUT2D eigenvalue weighted by Gasteiger charge is 2.34. The zero-order chi connectivity index (χ0) is 13.2. The third-order valence-electron chi connectivity index (χ3n) is 4.43. The van der Waals surface area contributed by atoms with Crippen molar-refractivity contribution in [2.45, 2.75) is 44.3 Å². The summed E-state index contributed by atoms with van der Waals surface area (Å²) in [6.07, 6.45) is 5.42. The molecular weight excluding hydrogens is 324 g/mol. The van der Waals surface area contributed by atoms with Crippen molar-refractivity contribution in [2.75, 3.05) is 13.1 Å². The maximum absolute atomic E-state index is 5.98. The molecule has 2 fully saturated rings. The molecule has 104 valence electrons. The van der Waals surface area contributed by atoms with E-state index in [9.17, 15) is 0 Å². The molecule has 2 unspecified atom stereocenters. The SMILES string of the molecule is Clc1ccc(CNC2CCN3CCCCC23)c(Br)c1. The van der Waals surface area contributed by atoms with Crippen LogP contribution in [0.5, 0.6) is 0 Å². The van der Waals surface area contributed by atoms with Gasteiger partial charge in [-0.2, -0.15) is 0 Å². The van der Waals surface area contributed by atoms with Crippen molar-refractivity contribution >= 4 is 27.5 Å². The summed E-state index contributed by atoms with van der Waals surface area (Å²) in [6.45, 7) is 3.49. The van der Waals surface area contributed by atoms with Crippen LogP contribution in [0.25, 0.3) is 0 Å². The molecule has 2 heterocycles. The maximum Gasteiger partial charge on any atom is 0.0417 e. The fourth-order valence-corrected chi connectivity index (χ4v) is 4.21. The van der Waals surface area contributed by atoms with Crippen molar-refractivity contribution in [1.82, 2.24) is 10.2 Å². The molecule has 3 rings (SSSR count). The molecule has 0 amide bonds. The lowest BCUT2D eigenvalue weighted by atomic mass is 9.99. The Hall–Kier alpha value is -0.0900. The lowest BCUT2D eigenvalue weighted by Gasteiger charge is -2.32. The molecule has 0 spiro atoms. The van der Waals surface area contributed by atoms with Gasteiger partial charge in [-0.3, -0.25) is 4.90 Å². The number of hydrogen-bond donors (Lipinski definition) is 1. The van der Waals surface area contributed by atoms with Crippen molar-refractivity contribution in [3.63, 3.8) is 0 Å². The molecule has 0 aliphatic carbocycles. The molecular formula is C15H20BrClN2. The van der Waals surface area contributed by atoms with E-state index in [4.69, 9.17) is 11.6 Å². The molecule has 4 heteroatoms. The number of rotatable bonds is 3. The second-order valence-electron chi connectivity index (χ2n) is 5.61. The normalized spacial score (nSPS) is 27.5. The van der Waals surface area contributed by atoms with Crippen LogP contribution in [0.1, 0.15) is 31.2 Å². The smallest absolute Gasteiger partial charge is 0.0417 e. The van der Waals surface area contributed by atoms with E-state index in [2.05, 4.69) is 32.2 Å². The number of fused-ring (bicyclic) bond motifs is 1. The summed E-state index contributed by atoms with van der Waals surface area (Å²) in [5.74, 6) is 0. The topological polar surface area (TPSA) is 15.3 Å². The molecule has 0 saturated carbocycles. The second kappa shape index (κ2) is 6.13. The van der Waals surface area contributed by atoms with Gasteiger partial charge in [-0.15, -0.1) is 0 Å². The monoisotopic (exact) mass is 342 g/mol. The fourth-order valence-electron chi connectivity index (χ4n) is 3.39. The first kappa shape index (κ1) is 13.9. The van der Waals surface area contributed by atoms with Crippen molar-refractivity contribution < 1.29 is 0 Å². The summed E-state index contributed by atoms with van der Waals surface area (Å²) >= 11 is 9.57. The average molecular weight is 344 g/mol. The van der Waals surface area contributed by atoms with Crippen LogP contribution in [0.4, 0.5) is 0 Å². The zero-order valence-corrected chi connectivity index (χ0v) is 13.4. The first-order chi connectivity index (χ1) is 9.24. The van der Waals surface area contributed by atoms with Gasteiger partial charge in [0, 0.05) is 34.7 Å². The predicted molar refractivity (Wildman–Crippen MR) is 83.6 cm³/mol. The minimum Gasteiger partial charge on any atom is -0.308 e. The standard InChI is InChI=1S/C15H20BrClN2/c16-13-9-12(17)5-4-11(13)10-18-14-6-8-19-7-2-1-3-15(14)19/h4-5,9,14-15,18H,1-3,6-8,10H2. The Balaban J connectivity index is 1.60. The van der Waals surface area contributed by atoms with Crippen LogP contribution in [0.15, 0.2) is 22.7 Å². The van der Waals surface area contributed by atoms with Crippen LogP contribution in [-0.2, 0) is 6.54 Å². The van der Waals surface area contributed by atoms with Crippen LogP contribution in [0, 0.1) is 0 Å². The van der Waals surface area contributed by atoms with Gasteiger partial charge >= 0.3 is 0 Å². The van der Waals surface area contributed by atoms with Gasteiger partial charge in [-0.05, 0) is 43.5 Å². The minimum atomic E-state index is 0.655. The van der Waals surface area contributed by atoms with Crippen molar-refractivity contribution in [3.8, 4) is 0 Å². The van der Waals surface area contributed by atoms with Gasteiger partial charge in [-0.25, -0.2) is 0 Å². The summed E-state index contributed by atoms with van der Waals surface area (Å²) < 4.78 is 1.10. The zero-order valence-electron chi connectivity index (χ0n) is 11.0. The van der Waals surface area contributed by atoms with Crippen LogP contribution >= 0.6 is 27.5 Å². The van der Waals surface area contributed by atoms with Crippen molar-refractivity contribution in [3.05, 3.63) is 33.3 Å². The highest BCUT2D eigenvalue weighted by Crippen LogP contribution is 2.28. The predicted octanol–water partition coefficient (Wildman–Crippen LogP) is 3.82. The Morgan fingerprint density at radius 1 is 1.26 bits per heavy atom. The summed E-state index contributed by atoms with van der Waals surface area (Å²) in [6, 6.07) is 7.46. The first-order valence-electron chi connectivity index (χ1n) is 7.15. The quantitative estimate of drug-likeness (QED) is 0.897. The molecule has 1 N–H and O–H groups in total. The molecule has 0 radical (unpaired) electrons. The van der Waals surface area contributed by atoms with Gasteiger partial charge < -0.3 is 5.32 Å². The number of halogens is 2. The third-order valence-corrected chi connectivity index (χ3v) is 5.40. The van der Waals surface area contributed by atoms with E-state index in [0.717, 1.165) is 22.1 Å². The molecule has 0 bridgehead atoms. The highest BCUT2D eigenvalue weighted by atomic mass is 79.9. The van der Waals surface area contributed by atoms with Crippen LogP contribution in [0.2, 0.25) is 5.02 Å². The number of piperidine rings is 1. The number of nitrogens with one attached hydrogen (secondary N) is 1. The number of hydrogen-bond acceptors (Lipinski definition) is 2. The van der Waals surface area contributed by atoms with Gasteiger partial charge in [0.25, 0.3) is 0 Å². The molecule has 1 aromatic rings. The molecule has 2 aliphatic heterocycles. The molecule has 1 aromatic carbocycles. The molecule has 2 saturated heterocycles.